The number of methoxy groups -OCH3 is 1. The molecule has 1 aromatic heterocycles. The van der Waals surface area contributed by atoms with E-state index >= 15 is 0 Å². The lowest BCUT2D eigenvalue weighted by molar-refractivity contribution is 0.320. The van der Waals surface area contributed by atoms with E-state index in [1.165, 1.54) is 5.56 Å². The van der Waals surface area contributed by atoms with Crippen LogP contribution in [0, 0.1) is 0 Å². The molecule has 0 aliphatic heterocycles. The highest BCUT2D eigenvalue weighted by Crippen LogP contribution is 2.08. The molecule has 90 valence electrons. The summed E-state index contributed by atoms with van der Waals surface area (Å²) in [6.07, 6.45) is 3.03. The largest absolute Gasteiger partial charge is 0.481 e. The molecule has 0 saturated carbocycles. The lowest BCUT2D eigenvalue weighted by atomic mass is 10.2. The summed E-state index contributed by atoms with van der Waals surface area (Å²) < 4.78 is 5.02. The minimum absolute atomic E-state index is 0.668. The standard InChI is InChI=1S/C12H21N3O/c1-13-7-4-8-15(2)10-11-5-6-12(16-3)14-9-11/h5-6,9,13H,4,7-8,10H2,1-3H3. The molecule has 0 amide bonds. The summed E-state index contributed by atoms with van der Waals surface area (Å²) in [5, 5.41) is 3.15. The van der Waals surface area contributed by atoms with E-state index in [1.807, 2.05) is 19.3 Å². The predicted octanol–water partition coefficient (Wildman–Crippen LogP) is 1.13. The molecule has 0 bridgehead atoms. The van der Waals surface area contributed by atoms with E-state index in [0.29, 0.717) is 5.88 Å². The van der Waals surface area contributed by atoms with E-state index in [4.69, 9.17) is 4.74 Å². The van der Waals surface area contributed by atoms with Crippen LogP contribution in [0.25, 0.3) is 0 Å². The molecule has 0 aliphatic carbocycles. The van der Waals surface area contributed by atoms with E-state index in [1.54, 1.807) is 7.11 Å². The summed E-state index contributed by atoms with van der Waals surface area (Å²) in [4.78, 5) is 6.48. The zero-order valence-electron chi connectivity index (χ0n) is 10.4. The molecular weight excluding hydrogens is 202 g/mol. The quantitative estimate of drug-likeness (QED) is 0.703. The minimum Gasteiger partial charge on any atom is -0.481 e. The normalized spacial score (nSPS) is 10.8. The van der Waals surface area contributed by atoms with Crippen LogP contribution in [0.2, 0.25) is 0 Å². The third kappa shape index (κ3) is 4.59. The van der Waals surface area contributed by atoms with Gasteiger partial charge in [0.25, 0.3) is 0 Å². The predicted molar refractivity (Wildman–Crippen MR) is 65.7 cm³/mol. The van der Waals surface area contributed by atoms with Gasteiger partial charge >= 0.3 is 0 Å². The Balaban J connectivity index is 2.34. The molecule has 0 saturated heterocycles. The molecule has 0 unspecified atom stereocenters. The molecule has 4 heteroatoms. The summed E-state index contributed by atoms with van der Waals surface area (Å²) >= 11 is 0. The molecule has 1 N–H and O–H groups in total. The van der Waals surface area contributed by atoms with Gasteiger partial charge in [0.15, 0.2) is 0 Å². The number of aromatic nitrogens is 1. The van der Waals surface area contributed by atoms with E-state index < -0.39 is 0 Å². The summed E-state index contributed by atoms with van der Waals surface area (Å²) in [6, 6.07) is 3.96. The number of nitrogens with zero attached hydrogens (tertiary/aromatic N) is 2. The maximum absolute atomic E-state index is 5.02. The minimum atomic E-state index is 0.668. The van der Waals surface area contributed by atoms with Gasteiger partial charge in [-0.1, -0.05) is 6.07 Å². The van der Waals surface area contributed by atoms with Gasteiger partial charge < -0.3 is 15.0 Å². The van der Waals surface area contributed by atoms with Crippen molar-refractivity contribution in [2.75, 3.05) is 34.3 Å². The van der Waals surface area contributed by atoms with Crippen molar-refractivity contribution >= 4 is 0 Å². The summed E-state index contributed by atoms with van der Waals surface area (Å²) in [7, 11) is 5.74. The second-order valence-corrected chi connectivity index (χ2v) is 3.90. The fourth-order valence-electron chi connectivity index (χ4n) is 1.54. The molecule has 0 atom stereocenters. The maximum Gasteiger partial charge on any atom is 0.212 e. The van der Waals surface area contributed by atoms with Crippen LogP contribution >= 0.6 is 0 Å². The SMILES string of the molecule is CNCCCN(C)Cc1ccc(OC)nc1. The van der Waals surface area contributed by atoms with E-state index in [-0.39, 0.29) is 0 Å². The third-order valence-corrected chi connectivity index (χ3v) is 2.43. The second-order valence-electron chi connectivity index (χ2n) is 3.90. The van der Waals surface area contributed by atoms with Crippen LogP contribution in [0.1, 0.15) is 12.0 Å². The van der Waals surface area contributed by atoms with Crippen molar-refractivity contribution in [1.29, 1.82) is 0 Å². The van der Waals surface area contributed by atoms with Crippen LogP contribution in [-0.2, 0) is 6.54 Å². The third-order valence-electron chi connectivity index (χ3n) is 2.43. The first-order valence-corrected chi connectivity index (χ1v) is 5.58. The average Bonchev–Trinajstić information content (AvgIpc) is 2.30. The second kappa shape index (κ2) is 7.19. The van der Waals surface area contributed by atoms with Crippen molar-refractivity contribution in [1.82, 2.24) is 15.2 Å². The Labute approximate surface area is 97.6 Å². The molecule has 1 aromatic rings. The first kappa shape index (κ1) is 12.9. The number of pyridine rings is 1. The van der Waals surface area contributed by atoms with Gasteiger partial charge in [-0.15, -0.1) is 0 Å². The van der Waals surface area contributed by atoms with Crippen LogP contribution in [-0.4, -0.2) is 44.2 Å². The van der Waals surface area contributed by atoms with Crippen LogP contribution in [0.15, 0.2) is 18.3 Å². The molecule has 0 aliphatic rings. The highest BCUT2D eigenvalue weighted by Gasteiger charge is 2.00. The fraction of sp³-hybridized carbons (Fsp3) is 0.583. The molecule has 0 fully saturated rings. The number of hydrogen-bond acceptors (Lipinski definition) is 4. The Kier molecular flexibility index (Phi) is 5.82. The molecule has 16 heavy (non-hydrogen) atoms. The molecule has 0 radical (unpaired) electrons. The first-order chi connectivity index (χ1) is 7.76. The Morgan fingerprint density at radius 3 is 2.81 bits per heavy atom. The van der Waals surface area contributed by atoms with Crippen molar-refractivity contribution in [3.63, 3.8) is 0 Å². The van der Waals surface area contributed by atoms with Gasteiger partial charge in [-0.2, -0.15) is 0 Å². The van der Waals surface area contributed by atoms with Gasteiger partial charge in [-0.05, 0) is 39.2 Å². The number of hydrogen-bond donors (Lipinski definition) is 1. The van der Waals surface area contributed by atoms with Crippen molar-refractivity contribution < 1.29 is 4.74 Å². The zero-order chi connectivity index (χ0) is 11.8. The van der Waals surface area contributed by atoms with Gasteiger partial charge in [-0.25, -0.2) is 4.98 Å². The monoisotopic (exact) mass is 223 g/mol. The number of rotatable bonds is 7. The van der Waals surface area contributed by atoms with Crippen molar-refractivity contribution in [2.45, 2.75) is 13.0 Å². The van der Waals surface area contributed by atoms with E-state index in [9.17, 15) is 0 Å². The molecule has 0 spiro atoms. The van der Waals surface area contributed by atoms with Gasteiger partial charge in [0, 0.05) is 18.8 Å². The number of nitrogens with one attached hydrogen (secondary N) is 1. The van der Waals surface area contributed by atoms with Gasteiger partial charge in [0.2, 0.25) is 5.88 Å². The van der Waals surface area contributed by atoms with E-state index in [2.05, 4.69) is 28.3 Å². The summed E-state index contributed by atoms with van der Waals surface area (Å²) in [5.74, 6) is 0.668. The maximum atomic E-state index is 5.02. The summed E-state index contributed by atoms with van der Waals surface area (Å²) in [5.41, 5.74) is 1.22. The Bertz CT molecular complexity index is 287. The topological polar surface area (TPSA) is 37.4 Å². The average molecular weight is 223 g/mol. The smallest absolute Gasteiger partial charge is 0.212 e. The highest BCUT2D eigenvalue weighted by atomic mass is 16.5. The molecule has 1 heterocycles. The Morgan fingerprint density at radius 2 is 2.25 bits per heavy atom. The van der Waals surface area contributed by atoms with Gasteiger partial charge in [-0.3, -0.25) is 0 Å². The van der Waals surface area contributed by atoms with Crippen LogP contribution < -0.4 is 10.1 Å². The van der Waals surface area contributed by atoms with E-state index in [0.717, 1.165) is 26.1 Å². The first-order valence-electron chi connectivity index (χ1n) is 5.58. The lowest BCUT2D eigenvalue weighted by Crippen LogP contribution is -2.22. The zero-order valence-corrected chi connectivity index (χ0v) is 10.4. The van der Waals surface area contributed by atoms with Crippen molar-refractivity contribution in [3.8, 4) is 5.88 Å². The molecule has 4 nitrogen and oxygen atoms in total. The lowest BCUT2D eigenvalue weighted by Gasteiger charge is -2.16. The Hall–Kier alpha value is -1.13. The van der Waals surface area contributed by atoms with Gasteiger partial charge in [0.05, 0.1) is 7.11 Å². The molecule has 0 aromatic carbocycles. The number of ether oxygens (including phenoxy) is 1. The summed E-state index contributed by atoms with van der Waals surface area (Å²) in [6.45, 7) is 3.08. The van der Waals surface area contributed by atoms with Crippen LogP contribution in [0.4, 0.5) is 0 Å². The molecular formula is C12H21N3O. The van der Waals surface area contributed by atoms with Crippen molar-refractivity contribution in [2.24, 2.45) is 0 Å². The highest BCUT2D eigenvalue weighted by molar-refractivity contribution is 5.17. The molecule has 1 rings (SSSR count). The van der Waals surface area contributed by atoms with Crippen molar-refractivity contribution in [3.05, 3.63) is 23.9 Å². The fourth-order valence-corrected chi connectivity index (χ4v) is 1.54. The van der Waals surface area contributed by atoms with Crippen LogP contribution in [0.3, 0.4) is 0 Å². The van der Waals surface area contributed by atoms with Gasteiger partial charge in [0.1, 0.15) is 0 Å². The Morgan fingerprint density at radius 1 is 1.44 bits per heavy atom. The van der Waals surface area contributed by atoms with Crippen LogP contribution in [0.5, 0.6) is 5.88 Å².